The minimum atomic E-state index is -0.503. The van der Waals surface area contributed by atoms with Crippen molar-refractivity contribution in [1.82, 2.24) is 5.32 Å². The topological polar surface area (TPSA) is 38.3 Å². The first-order valence-corrected chi connectivity index (χ1v) is 10.3. The molecule has 0 saturated heterocycles. The number of aryl methyl sites for hydroxylation is 1. The summed E-state index contributed by atoms with van der Waals surface area (Å²) >= 11 is 1.82. The van der Waals surface area contributed by atoms with Gasteiger partial charge < -0.3 is 10.1 Å². The molecule has 2 rings (SSSR count). The maximum atomic E-state index is 12.3. The van der Waals surface area contributed by atoms with E-state index in [0.29, 0.717) is 12.5 Å². The van der Waals surface area contributed by atoms with Crippen molar-refractivity contribution in [3.8, 4) is 5.75 Å². The van der Waals surface area contributed by atoms with Gasteiger partial charge in [-0.25, -0.2) is 0 Å². The molecule has 0 radical (unpaired) electrons. The fraction of sp³-hybridized carbons (Fsp3) is 0.409. The Labute approximate surface area is 161 Å². The van der Waals surface area contributed by atoms with Crippen molar-refractivity contribution in [2.75, 3.05) is 12.3 Å². The summed E-state index contributed by atoms with van der Waals surface area (Å²) in [5.74, 6) is 2.93. The summed E-state index contributed by atoms with van der Waals surface area (Å²) in [4.78, 5) is 12.3. The Morgan fingerprint density at radius 3 is 2.62 bits per heavy atom. The average Bonchev–Trinajstić information content (AvgIpc) is 2.61. The molecule has 0 aliphatic heterocycles. The summed E-state index contributed by atoms with van der Waals surface area (Å²) in [6, 6.07) is 16.4. The number of nitrogens with one attached hydrogen (secondary N) is 1. The number of carbonyl (C=O) groups is 1. The predicted molar refractivity (Wildman–Crippen MR) is 111 cm³/mol. The zero-order chi connectivity index (χ0) is 18.9. The van der Waals surface area contributed by atoms with Crippen LogP contribution < -0.4 is 10.1 Å². The minimum Gasteiger partial charge on any atom is -0.481 e. The zero-order valence-electron chi connectivity index (χ0n) is 16.1. The second kappa shape index (κ2) is 10.3. The molecule has 0 saturated carbocycles. The summed E-state index contributed by atoms with van der Waals surface area (Å²) in [5.41, 5.74) is 3.73. The largest absolute Gasteiger partial charge is 0.481 e. The first-order chi connectivity index (χ1) is 12.5. The van der Waals surface area contributed by atoms with Crippen LogP contribution >= 0.6 is 11.8 Å². The lowest BCUT2D eigenvalue weighted by Crippen LogP contribution is -2.37. The molecule has 0 fully saturated rings. The molecule has 0 aliphatic carbocycles. The van der Waals surface area contributed by atoms with E-state index in [1.807, 2.05) is 36.0 Å². The molecule has 2 aromatic carbocycles. The van der Waals surface area contributed by atoms with Crippen LogP contribution in [0.25, 0.3) is 0 Å². The summed E-state index contributed by atoms with van der Waals surface area (Å²) in [6.07, 6.45) is -0.503. The van der Waals surface area contributed by atoms with E-state index in [9.17, 15) is 4.79 Å². The highest BCUT2D eigenvalue weighted by Crippen LogP contribution is 2.26. The van der Waals surface area contributed by atoms with Gasteiger partial charge in [0.05, 0.1) is 0 Å². The van der Waals surface area contributed by atoms with Gasteiger partial charge in [0.2, 0.25) is 0 Å². The number of rotatable bonds is 9. The number of ether oxygens (including phenoxy) is 1. The molecule has 1 unspecified atom stereocenters. The lowest BCUT2D eigenvalue weighted by atomic mass is 10.0. The van der Waals surface area contributed by atoms with Gasteiger partial charge >= 0.3 is 0 Å². The van der Waals surface area contributed by atoms with E-state index in [0.717, 1.165) is 22.8 Å². The SMILES string of the molecule is Cc1cccc(CSCCNC(=O)C(C)Oc2ccccc2C(C)C)c1. The van der Waals surface area contributed by atoms with E-state index in [2.05, 4.69) is 50.4 Å². The number of amides is 1. The predicted octanol–water partition coefficient (Wildman–Crippen LogP) is 4.94. The van der Waals surface area contributed by atoms with E-state index in [-0.39, 0.29) is 5.91 Å². The van der Waals surface area contributed by atoms with Crippen molar-refractivity contribution in [2.45, 2.75) is 45.5 Å². The Kier molecular flexibility index (Phi) is 8.05. The molecule has 0 bridgehead atoms. The summed E-state index contributed by atoms with van der Waals surface area (Å²) < 4.78 is 5.89. The van der Waals surface area contributed by atoms with Crippen LogP contribution in [-0.2, 0) is 10.5 Å². The Morgan fingerprint density at radius 1 is 1.12 bits per heavy atom. The van der Waals surface area contributed by atoms with E-state index >= 15 is 0 Å². The molecule has 3 nitrogen and oxygen atoms in total. The van der Waals surface area contributed by atoms with Crippen LogP contribution in [0.2, 0.25) is 0 Å². The third kappa shape index (κ3) is 6.41. The van der Waals surface area contributed by atoms with Crippen LogP contribution in [0.5, 0.6) is 5.75 Å². The van der Waals surface area contributed by atoms with Crippen LogP contribution in [0.15, 0.2) is 48.5 Å². The normalized spacial score (nSPS) is 12.0. The van der Waals surface area contributed by atoms with E-state index in [4.69, 9.17) is 4.74 Å². The van der Waals surface area contributed by atoms with Crippen molar-refractivity contribution < 1.29 is 9.53 Å². The van der Waals surface area contributed by atoms with Gasteiger partial charge in [-0.2, -0.15) is 11.8 Å². The Bertz CT molecular complexity index is 715. The van der Waals surface area contributed by atoms with Gasteiger partial charge in [-0.05, 0) is 37.0 Å². The van der Waals surface area contributed by atoms with Gasteiger partial charge in [0.1, 0.15) is 5.75 Å². The second-order valence-electron chi connectivity index (χ2n) is 6.79. The zero-order valence-corrected chi connectivity index (χ0v) is 16.9. The standard InChI is InChI=1S/C22H29NO2S/c1-16(2)20-10-5-6-11-21(20)25-18(4)22(24)23-12-13-26-15-19-9-7-8-17(3)14-19/h5-11,14,16,18H,12-13,15H2,1-4H3,(H,23,24). The Balaban J connectivity index is 1.72. The number of hydrogen-bond acceptors (Lipinski definition) is 3. The highest BCUT2D eigenvalue weighted by molar-refractivity contribution is 7.98. The highest BCUT2D eigenvalue weighted by atomic mass is 32.2. The molecule has 1 amide bonds. The summed E-state index contributed by atoms with van der Waals surface area (Å²) in [6.45, 7) is 8.80. The van der Waals surface area contributed by atoms with Crippen molar-refractivity contribution in [3.63, 3.8) is 0 Å². The van der Waals surface area contributed by atoms with Crippen LogP contribution in [0.1, 0.15) is 43.4 Å². The van der Waals surface area contributed by atoms with Crippen LogP contribution in [0.3, 0.4) is 0 Å². The fourth-order valence-corrected chi connectivity index (χ4v) is 3.50. The molecular weight excluding hydrogens is 342 g/mol. The van der Waals surface area contributed by atoms with Crippen molar-refractivity contribution in [1.29, 1.82) is 0 Å². The summed E-state index contributed by atoms with van der Waals surface area (Å²) in [5, 5.41) is 2.96. The molecule has 140 valence electrons. The number of benzene rings is 2. The third-order valence-corrected chi connectivity index (χ3v) is 5.14. The first kappa shape index (κ1) is 20.4. The fourth-order valence-electron chi connectivity index (χ4n) is 2.69. The maximum Gasteiger partial charge on any atom is 0.260 e. The van der Waals surface area contributed by atoms with Gasteiger partial charge in [-0.3, -0.25) is 4.79 Å². The van der Waals surface area contributed by atoms with E-state index in [1.54, 1.807) is 6.92 Å². The molecule has 0 aromatic heterocycles. The molecule has 2 aromatic rings. The van der Waals surface area contributed by atoms with Gasteiger partial charge in [0.25, 0.3) is 5.91 Å². The van der Waals surface area contributed by atoms with Gasteiger partial charge in [-0.1, -0.05) is 61.9 Å². The van der Waals surface area contributed by atoms with Crippen LogP contribution in [0.4, 0.5) is 0 Å². The van der Waals surface area contributed by atoms with E-state index < -0.39 is 6.10 Å². The lowest BCUT2D eigenvalue weighted by Gasteiger charge is -2.18. The molecule has 4 heteroatoms. The van der Waals surface area contributed by atoms with Gasteiger partial charge in [-0.15, -0.1) is 0 Å². The summed E-state index contributed by atoms with van der Waals surface area (Å²) in [7, 11) is 0. The number of carbonyl (C=O) groups excluding carboxylic acids is 1. The number of para-hydroxylation sites is 1. The molecular formula is C22H29NO2S. The van der Waals surface area contributed by atoms with Crippen LogP contribution in [-0.4, -0.2) is 24.3 Å². The van der Waals surface area contributed by atoms with Gasteiger partial charge in [0.15, 0.2) is 6.10 Å². The minimum absolute atomic E-state index is 0.0697. The number of hydrogen-bond donors (Lipinski definition) is 1. The van der Waals surface area contributed by atoms with E-state index in [1.165, 1.54) is 11.1 Å². The van der Waals surface area contributed by atoms with Crippen molar-refractivity contribution in [2.24, 2.45) is 0 Å². The lowest BCUT2D eigenvalue weighted by molar-refractivity contribution is -0.127. The molecule has 0 spiro atoms. The molecule has 1 atom stereocenters. The Hall–Kier alpha value is -1.94. The highest BCUT2D eigenvalue weighted by Gasteiger charge is 2.16. The first-order valence-electron chi connectivity index (χ1n) is 9.14. The van der Waals surface area contributed by atoms with Gasteiger partial charge in [0, 0.05) is 18.1 Å². The quantitative estimate of drug-likeness (QED) is 0.635. The molecule has 0 aliphatic rings. The molecule has 1 N–H and O–H groups in total. The number of thioether (sulfide) groups is 1. The average molecular weight is 372 g/mol. The van der Waals surface area contributed by atoms with Crippen molar-refractivity contribution >= 4 is 17.7 Å². The monoisotopic (exact) mass is 371 g/mol. The smallest absolute Gasteiger partial charge is 0.260 e. The maximum absolute atomic E-state index is 12.3. The Morgan fingerprint density at radius 2 is 1.88 bits per heavy atom. The molecule has 0 heterocycles. The second-order valence-corrected chi connectivity index (χ2v) is 7.89. The molecule has 26 heavy (non-hydrogen) atoms. The third-order valence-electron chi connectivity index (χ3n) is 4.11. The van der Waals surface area contributed by atoms with Crippen molar-refractivity contribution in [3.05, 3.63) is 65.2 Å². The van der Waals surface area contributed by atoms with Crippen LogP contribution in [0, 0.1) is 6.92 Å².